The van der Waals surface area contributed by atoms with Crippen molar-refractivity contribution >= 4 is 34.4 Å². The van der Waals surface area contributed by atoms with Gasteiger partial charge in [-0.25, -0.2) is 4.79 Å². The summed E-state index contributed by atoms with van der Waals surface area (Å²) in [5.41, 5.74) is 0. The number of carbonyl (C=O) groups excluding carboxylic acids is 2. The van der Waals surface area contributed by atoms with Crippen LogP contribution in [0.5, 0.6) is 0 Å². The first-order chi connectivity index (χ1) is 11.5. The highest BCUT2D eigenvalue weighted by Crippen LogP contribution is 2.23. The second-order valence-corrected chi connectivity index (χ2v) is 6.80. The minimum atomic E-state index is -0.593. The van der Waals surface area contributed by atoms with Crippen molar-refractivity contribution in [3.63, 3.8) is 0 Å². The van der Waals surface area contributed by atoms with Crippen LogP contribution in [0.2, 0.25) is 0 Å². The molecule has 0 spiro atoms. The molecule has 0 aliphatic rings. The van der Waals surface area contributed by atoms with Gasteiger partial charge in [0, 0.05) is 4.90 Å². The van der Waals surface area contributed by atoms with E-state index in [2.05, 4.69) is 23.5 Å². The highest BCUT2D eigenvalue weighted by atomic mass is 32.2. The predicted octanol–water partition coefficient (Wildman–Crippen LogP) is 3.64. The number of amides is 1. The molecule has 0 aromatic heterocycles. The van der Waals surface area contributed by atoms with E-state index in [9.17, 15) is 9.59 Å². The summed E-state index contributed by atoms with van der Waals surface area (Å²) in [5.74, 6) is -0.258. The van der Waals surface area contributed by atoms with Gasteiger partial charge < -0.3 is 10.1 Å². The van der Waals surface area contributed by atoms with E-state index >= 15 is 0 Å². The molecule has 0 fully saturated rings. The summed E-state index contributed by atoms with van der Waals surface area (Å²) in [4.78, 5) is 25.0. The maximum absolute atomic E-state index is 12.2. The molecule has 2 rings (SSSR count). The third-order valence-electron chi connectivity index (χ3n) is 4.08. The Morgan fingerprint density at radius 2 is 1.88 bits per heavy atom. The van der Waals surface area contributed by atoms with Gasteiger partial charge in [-0.05, 0) is 28.8 Å². The SMILES string of the molecule is CCC(C)C(NC(=O)CSc1ccc2ccccc2c1)C(=O)OC. The Morgan fingerprint density at radius 1 is 1.17 bits per heavy atom. The summed E-state index contributed by atoms with van der Waals surface area (Å²) >= 11 is 1.46. The van der Waals surface area contributed by atoms with E-state index < -0.39 is 12.0 Å². The van der Waals surface area contributed by atoms with Crippen LogP contribution in [0.15, 0.2) is 47.4 Å². The molecular weight excluding hydrogens is 322 g/mol. The fraction of sp³-hybridized carbons (Fsp3) is 0.368. The number of rotatable bonds is 7. The first-order valence-corrected chi connectivity index (χ1v) is 9.02. The molecule has 0 bridgehead atoms. The lowest BCUT2D eigenvalue weighted by Crippen LogP contribution is -2.46. The van der Waals surface area contributed by atoms with E-state index in [0.717, 1.165) is 16.7 Å². The monoisotopic (exact) mass is 345 g/mol. The van der Waals surface area contributed by atoms with Crippen molar-refractivity contribution in [2.75, 3.05) is 12.9 Å². The van der Waals surface area contributed by atoms with Crippen LogP contribution in [0, 0.1) is 5.92 Å². The van der Waals surface area contributed by atoms with Crippen LogP contribution in [0.4, 0.5) is 0 Å². The third-order valence-corrected chi connectivity index (χ3v) is 5.07. The molecule has 24 heavy (non-hydrogen) atoms. The number of methoxy groups -OCH3 is 1. The first-order valence-electron chi connectivity index (χ1n) is 8.04. The summed E-state index contributed by atoms with van der Waals surface area (Å²) in [6.45, 7) is 3.91. The maximum atomic E-state index is 12.2. The smallest absolute Gasteiger partial charge is 0.328 e. The number of hydrogen-bond donors (Lipinski definition) is 1. The van der Waals surface area contributed by atoms with Crippen molar-refractivity contribution < 1.29 is 14.3 Å². The fourth-order valence-corrected chi connectivity index (χ4v) is 3.17. The van der Waals surface area contributed by atoms with Crippen molar-refractivity contribution in [2.24, 2.45) is 5.92 Å². The Labute approximate surface area is 147 Å². The van der Waals surface area contributed by atoms with E-state index in [-0.39, 0.29) is 17.6 Å². The van der Waals surface area contributed by atoms with Gasteiger partial charge in [0.15, 0.2) is 0 Å². The maximum Gasteiger partial charge on any atom is 0.328 e. The molecule has 1 N–H and O–H groups in total. The molecule has 0 radical (unpaired) electrons. The first kappa shape index (κ1) is 18.3. The van der Waals surface area contributed by atoms with Crippen molar-refractivity contribution in [2.45, 2.75) is 31.2 Å². The van der Waals surface area contributed by atoms with Gasteiger partial charge >= 0.3 is 5.97 Å². The third kappa shape index (κ3) is 4.74. The summed E-state index contributed by atoms with van der Waals surface area (Å²) in [6.07, 6.45) is 0.790. The van der Waals surface area contributed by atoms with Crippen LogP contribution in [-0.4, -0.2) is 30.8 Å². The molecule has 2 atom stereocenters. The molecule has 2 unspecified atom stereocenters. The number of nitrogens with one attached hydrogen (secondary N) is 1. The molecule has 128 valence electrons. The van der Waals surface area contributed by atoms with Gasteiger partial charge in [0.25, 0.3) is 0 Å². The molecule has 2 aromatic carbocycles. The number of carbonyl (C=O) groups is 2. The Hall–Kier alpha value is -2.01. The summed E-state index contributed by atoms with van der Waals surface area (Å²) in [5, 5.41) is 5.11. The standard InChI is InChI=1S/C19H23NO3S/c1-4-13(2)18(19(22)23-3)20-17(21)12-24-16-10-9-14-7-5-6-8-15(14)11-16/h5-11,13,18H,4,12H2,1-3H3,(H,20,21). The Kier molecular flexibility index (Phi) is 6.67. The van der Waals surface area contributed by atoms with Gasteiger partial charge in [0.2, 0.25) is 5.91 Å². The molecule has 2 aromatic rings. The number of benzene rings is 2. The number of fused-ring (bicyclic) bond motifs is 1. The number of hydrogen-bond acceptors (Lipinski definition) is 4. The van der Waals surface area contributed by atoms with Gasteiger partial charge in [0.1, 0.15) is 6.04 Å². The lowest BCUT2D eigenvalue weighted by molar-refractivity contribution is -0.146. The molecule has 1 amide bonds. The topological polar surface area (TPSA) is 55.4 Å². The summed E-state index contributed by atoms with van der Waals surface area (Å²) in [7, 11) is 1.34. The molecule has 0 saturated heterocycles. The normalized spacial score (nSPS) is 13.3. The zero-order valence-electron chi connectivity index (χ0n) is 14.2. The van der Waals surface area contributed by atoms with Crippen LogP contribution >= 0.6 is 11.8 Å². The molecule has 0 heterocycles. The van der Waals surface area contributed by atoms with E-state index in [1.165, 1.54) is 24.3 Å². The quantitative estimate of drug-likeness (QED) is 0.615. The van der Waals surface area contributed by atoms with Crippen LogP contribution in [0.1, 0.15) is 20.3 Å². The van der Waals surface area contributed by atoms with Gasteiger partial charge in [-0.2, -0.15) is 0 Å². The van der Waals surface area contributed by atoms with Crippen molar-refractivity contribution in [3.8, 4) is 0 Å². The summed E-state index contributed by atoms with van der Waals surface area (Å²) in [6, 6.07) is 13.6. The van der Waals surface area contributed by atoms with Crippen molar-refractivity contribution in [3.05, 3.63) is 42.5 Å². The molecule has 0 aliphatic carbocycles. The lowest BCUT2D eigenvalue weighted by atomic mass is 9.99. The van der Waals surface area contributed by atoms with Gasteiger partial charge in [-0.1, -0.05) is 50.6 Å². The van der Waals surface area contributed by atoms with Gasteiger partial charge in [0.05, 0.1) is 12.9 Å². The zero-order valence-corrected chi connectivity index (χ0v) is 15.1. The van der Waals surface area contributed by atoms with Crippen LogP contribution in [0.25, 0.3) is 10.8 Å². The van der Waals surface area contributed by atoms with Crippen LogP contribution < -0.4 is 5.32 Å². The average molecular weight is 345 g/mol. The molecule has 0 aliphatic heterocycles. The fourth-order valence-electron chi connectivity index (χ4n) is 2.42. The van der Waals surface area contributed by atoms with Crippen molar-refractivity contribution in [1.29, 1.82) is 0 Å². The van der Waals surface area contributed by atoms with Crippen LogP contribution in [-0.2, 0) is 14.3 Å². The zero-order chi connectivity index (χ0) is 17.5. The molecule has 5 heteroatoms. The Morgan fingerprint density at radius 3 is 2.54 bits per heavy atom. The Balaban J connectivity index is 1.96. The molecule has 0 saturated carbocycles. The minimum absolute atomic E-state index is 0.0343. The van der Waals surface area contributed by atoms with E-state index in [4.69, 9.17) is 4.74 Å². The van der Waals surface area contributed by atoms with E-state index in [1.807, 2.05) is 38.1 Å². The number of thioether (sulfide) groups is 1. The average Bonchev–Trinajstić information content (AvgIpc) is 2.62. The summed E-state index contributed by atoms with van der Waals surface area (Å²) < 4.78 is 4.79. The number of ether oxygens (including phenoxy) is 1. The second kappa shape index (κ2) is 8.73. The minimum Gasteiger partial charge on any atom is -0.467 e. The highest BCUT2D eigenvalue weighted by molar-refractivity contribution is 8.00. The lowest BCUT2D eigenvalue weighted by Gasteiger charge is -2.21. The molecular formula is C19H23NO3S. The van der Waals surface area contributed by atoms with Crippen LogP contribution in [0.3, 0.4) is 0 Å². The van der Waals surface area contributed by atoms with E-state index in [0.29, 0.717) is 0 Å². The molecule has 4 nitrogen and oxygen atoms in total. The highest BCUT2D eigenvalue weighted by Gasteiger charge is 2.26. The van der Waals surface area contributed by atoms with E-state index in [1.54, 1.807) is 0 Å². The largest absolute Gasteiger partial charge is 0.467 e. The van der Waals surface area contributed by atoms with Gasteiger partial charge in [-0.15, -0.1) is 11.8 Å². The Bertz CT molecular complexity index is 717. The van der Waals surface area contributed by atoms with Crippen molar-refractivity contribution in [1.82, 2.24) is 5.32 Å². The second-order valence-electron chi connectivity index (χ2n) is 5.75. The number of esters is 1. The van der Waals surface area contributed by atoms with Gasteiger partial charge in [-0.3, -0.25) is 4.79 Å². The predicted molar refractivity (Wildman–Crippen MR) is 98.1 cm³/mol.